The summed E-state index contributed by atoms with van der Waals surface area (Å²) in [6.45, 7) is 2.51. The van der Waals surface area contributed by atoms with Crippen LogP contribution in [0.15, 0.2) is 48.7 Å². The fourth-order valence-corrected chi connectivity index (χ4v) is 2.42. The minimum absolute atomic E-state index is 0.0948. The molecule has 1 saturated heterocycles. The van der Waals surface area contributed by atoms with Crippen LogP contribution in [0.2, 0.25) is 0 Å². The highest BCUT2D eigenvalue weighted by Gasteiger charge is 2.27. The largest absolute Gasteiger partial charge is 0.339 e. The second kappa shape index (κ2) is 5.51. The second-order valence-corrected chi connectivity index (χ2v) is 5.24. The van der Waals surface area contributed by atoms with Crippen molar-refractivity contribution in [1.29, 1.82) is 0 Å². The Morgan fingerprint density at radius 1 is 1.25 bits per heavy atom. The van der Waals surface area contributed by atoms with Gasteiger partial charge in [0.2, 0.25) is 0 Å². The highest BCUT2D eigenvalue weighted by Crippen LogP contribution is 2.12. The molecule has 0 saturated carbocycles. The van der Waals surface area contributed by atoms with Crippen LogP contribution in [0.1, 0.15) is 16.1 Å². The molecule has 104 valence electrons. The molecule has 0 aliphatic carbocycles. The SMILES string of the molecule is CN(C(=O)c1cccn1Cc1ccccc1)C1CNC1. The van der Waals surface area contributed by atoms with Crippen LogP contribution in [-0.4, -0.2) is 41.6 Å². The molecule has 1 aromatic heterocycles. The van der Waals surface area contributed by atoms with Crippen molar-refractivity contribution in [3.05, 3.63) is 59.9 Å². The summed E-state index contributed by atoms with van der Waals surface area (Å²) in [5.74, 6) is 0.0948. The molecular formula is C16H19N3O. The van der Waals surface area contributed by atoms with Gasteiger partial charge in [-0.2, -0.15) is 0 Å². The zero-order chi connectivity index (χ0) is 13.9. The normalized spacial score (nSPS) is 14.8. The predicted molar refractivity (Wildman–Crippen MR) is 78.7 cm³/mol. The van der Waals surface area contributed by atoms with E-state index < -0.39 is 0 Å². The smallest absolute Gasteiger partial charge is 0.270 e. The maximum absolute atomic E-state index is 12.5. The summed E-state index contributed by atoms with van der Waals surface area (Å²) in [7, 11) is 1.88. The molecular weight excluding hydrogens is 250 g/mol. The van der Waals surface area contributed by atoms with E-state index in [9.17, 15) is 4.79 Å². The fourth-order valence-electron chi connectivity index (χ4n) is 2.42. The Bertz CT molecular complexity index is 587. The van der Waals surface area contributed by atoms with E-state index >= 15 is 0 Å². The van der Waals surface area contributed by atoms with Crippen LogP contribution >= 0.6 is 0 Å². The van der Waals surface area contributed by atoms with Crippen LogP contribution in [-0.2, 0) is 6.54 Å². The molecule has 0 unspecified atom stereocenters. The molecule has 4 nitrogen and oxygen atoms in total. The highest BCUT2D eigenvalue weighted by molar-refractivity contribution is 5.93. The molecule has 0 spiro atoms. The van der Waals surface area contributed by atoms with Gasteiger partial charge in [-0.05, 0) is 17.7 Å². The number of hydrogen-bond donors (Lipinski definition) is 1. The Labute approximate surface area is 119 Å². The third-order valence-corrected chi connectivity index (χ3v) is 3.87. The van der Waals surface area contributed by atoms with Crippen molar-refractivity contribution in [3.63, 3.8) is 0 Å². The molecule has 2 aromatic rings. The maximum Gasteiger partial charge on any atom is 0.270 e. The third-order valence-electron chi connectivity index (χ3n) is 3.87. The van der Waals surface area contributed by atoms with Gasteiger partial charge in [0.15, 0.2) is 0 Å². The zero-order valence-corrected chi connectivity index (χ0v) is 11.6. The van der Waals surface area contributed by atoms with E-state index in [1.807, 2.05) is 53.0 Å². The summed E-state index contributed by atoms with van der Waals surface area (Å²) in [4.78, 5) is 14.4. The second-order valence-electron chi connectivity index (χ2n) is 5.24. The predicted octanol–water partition coefficient (Wildman–Crippen LogP) is 1.58. The molecule has 1 aliphatic heterocycles. The summed E-state index contributed by atoms with van der Waals surface area (Å²) in [5, 5.41) is 3.20. The van der Waals surface area contributed by atoms with Gasteiger partial charge in [0.25, 0.3) is 5.91 Å². The average molecular weight is 269 g/mol. The number of amides is 1. The lowest BCUT2D eigenvalue weighted by Crippen LogP contribution is -2.57. The Balaban J connectivity index is 1.77. The van der Waals surface area contributed by atoms with E-state index in [1.54, 1.807) is 0 Å². The van der Waals surface area contributed by atoms with E-state index in [0.29, 0.717) is 6.04 Å². The van der Waals surface area contributed by atoms with Crippen LogP contribution in [0.5, 0.6) is 0 Å². The van der Waals surface area contributed by atoms with E-state index in [1.165, 1.54) is 5.56 Å². The number of rotatable bonds is 4. The average Bonchev–Trinajstić information content (AvgIpc) is 2.85. The van der Waals surface area contributed by atoms with Crippen LogP contribution in [0.4, 0.5) is 0 Å². The maximum atomic E-state index is 12.5. The molecule has 0 radical (unpaired) electrons. The van der Waals surface area contributed by atoms with Gasteiger partial charge in [-0.3, -0.25) is 4.79 Å². The minimum atomic E-state index is 0.0948. The summed E-state index contributed by atoms with van der Waals surface area (Å²) in [5.41, 5.74) is 1.95. The molecule has 1 amide bonds. The monoisotopic (exact) mass is 269 g/mol. The summed E-state index contributed by atoms with van der Waals surface area (Å²) < 4.78 is 2.01. The van der Waals surface area contributed by atoms with E-state index in [-0.39, 0.29) is 5.91 Å². The highest BCUT2D eigenvalue weighted by atomic mass is 16.2. The lowest BCUT2D eigenvalue weighted by atomic mass is 10.1. The molecule has 1 aromatic carbocycles. The topological polar surface area (TPSA) is 37.3 Å². The van der Waals surface area contributed by atoms with Crippen molar-refractivity contribution in [2.45, 2.75) is 12.6 Å². The zero-order valence-electron chi connectivity index (χ0n) is 11.6. The first kappa shape index (κ1) is 12.9. The van der Waals surface area contributed by atoms with E-state index in [4.69, 9.17) is 0 Å². The number of carbonyl (C=O) groups excluding carboxylic acids is 1. The van der Waals surface area contributed by atoms with Crippen LogP contribution < -0.4 is 5.32 Å². The van der Waals surface area contributed by atoms with Gasteiger partial charge >= 0.3 is 0 Å². The Kier molecular flexibility index (Phi) is 3.56. The van der Waals surface area contributed by atoms with Crippen LogP contribution in [0.3, 0.4) is 0 Å². The van der Waals surface area contributed by atoms with Gasteiger partial charge in [0.05, 0.1) is 6.04 Å². The Morgan fingerprint density at radius 3 is 2.65 bits per heavy atom. The summed E-state index contributed by atoms with van der Waals surface area (Å²) >= 11 is 0. The molecule has 0 bridgehead atoms. The number of likely N-dealkylation sites (N-methyl/N-ethyl adjacent to an activating group) is 1. The standard InChI is InChI=1S/C16H19N3O/c1-18(14-10-17-11-14)16(20)15-8-5-9-19(15)12-13-6-3-2-4-7-13/h2-9,14,17H,10-12H2,1H3. The minimum Gasteiger partial charge on any atom is -0.339 e. The van der Waals surface area contributed by atoms with Gasteiger partial charge in [0, 0.05) is 32.9 Å². The Morgan fingerprint density at radius 2 is 2.00 bits per heavy atom. The quantitative estimate of drug-likeness (QED) is 0.915. The van der Waals surface area contributed by atoms with Crippen LogP contribution in [0, 0.1) is 0 Å². The lowest BCUT2D eigenvalue weighted by Gasteiger charge is -2.35. The number of nitrogens with zero attached hydrogens (tertiary/aromatic N) is 2. The van der Waals surface area contributed by atoms with Crippen molar-refractivity contribution < 1.29 is 4.79 Å². The molecule has 1 N–H and O–H groups in total. The van der Waals surface area contributed by atoms with Crippen molar-refractivity contribution >= 4 is 5.91 Å². The number of hydrogen-bond acceptors (Lipinski definition) is 2. The number of nitrogens with one attached hydrogen (secondary N) is 1. The Hall–Kier alpha value is -2.07. The van der Waals surface area contributed by atoms with E-state index in [0.717, 1.165) is 25.3 Å². The van der Waals surface area contributed by atoms with Gasteiger partial charge < -0.3 is 14.8 Å². The first-order valence-corrected chi connectivity index (χ1v) is 6.92. The molecule has 1 aliphatic rings. The van der Waals surface area contributed by atoms with Crippen molar-refractivity contribution in [2.75, 3.05) is 20.1 Å². The van der Waals surface area contributed by atoms with Crippen molar-refractivity contribution in [2.24, 2.45) is 0 Å². The number of benzene rings is 1. The first-order valence-electron chi connectivity index (χ1n) is 6.92. The van der Waals surface area contributed by atoms with E-state index in [2.05, 4.69) is 17.4 Å². The van der Waals surface area contributed by atoms with Crippen molar-refractivity contribution in [1.82, 2.24) is 14.8 Å². The van der Waals surface area contributed by atoms with Crippen molar-refractivity contribution in [3.8, 4) is 0 Å². The number of aromatic nitrogens is 1. The van der Waals surface area contributed by atoms with Crippen LogP contribution in [0.25, 0.3) is 0 Å². The van der Waals surface area contributed by atoms with Gasteiger partial charge in [-0.15, -0.1) is 0 Å². The third kappa shape index (κ3) is 2.47. The van der Waals surface area contributed by atoms with Gasteiger partial charge in [0.1, 0.15) is 5.69 Å². The lowest BCUT2D eigenvalue weighted by molar-refractivity contribution is 0.0670. The summed E-state index contributed by atoms with van der Waals surface area (Å²) in [6, 6.07) is 14.3. The molecule has 0 atom stereocenters. The molecule has 3 rings (SSSR count). The number of carbonyl (C=O) groups is 1. The fraction of sp³-hybridized carbons (Fsp3) is 0.312. The molecule has 1 fully saturated rings. The molecule has 20 heavy (non-hydrogen) atoms. The first-order chi connectivity index (χ1) is 9.75. The van der Waals surface area contributed by atoms with Gasteiger partial charge in [-0.1, -0.05) is 30.3 Å². The molecule has 2 heterocycles. The summed E-state index contributed by atoms with van der Waals surface area (Å²) in [6.07, 6.45) is 1.97. The molecule has 4 heteroatoms. The van der Waals surface area contributed by atoms with Gasteiger partial charge in [-0.25, -0.2) is 0 Å².